The van der Waals surface area contributed by atoms with Crippen molar-refractivity contribution in [2.24, 2.45) is 0 Å². The van der Waals surface area contributed by atoms with Crippen LogP contribution < -0.4 is 5.32 Å². The van der Waals surface area contributed by atoms with Crippen LogP contribution in [0.3, 0.4) is 0 Å². The predicted molar refractivity (Wildman–Crippen MR) is 75.1 cm³/mol. The summed E-state index contributed by atoms with van der Waals surface area (Å²) in [6.45, 7) is 6.32. The number of rotatable bonds is 3. The van der Waals surface area contributed by atoms with Gasteiger partial charge in [0.25, 0.3) is 0 Å². The predicted octanol–water partition coefficient (Wildman–Crippen LogP) is 0.00670. The topological polar surface area (TPSA) is 79.0 Å². The molecule has 1 rings (SSSR count). The van der Waals surface area contributed by atoms with Crippen LogP contribution >= 0.6 is 0 Å². The maximum atomic E-state index is 12.4. The van der Waals surface area contributed by atoms with Gasteiger partial charge in [-0.3, -0.25) is 0 Å². The Kier molecular flexibility index (Phi) is 5.39. The zero-order valence-electron chi connectivity index (χ0n) is 12.0. The smallest absolute Gasteiger partial charge is 0.426 e. The number of carbonyl (C=O) groups is 1. The molecule has 0 aromatic heterocycles. The molecule has 0 radical (unpaired) electrons. The Bertz CT molecular complexity index is 484. The molecule has 114 valence electrons. The zero-order valence-corrected chi connectivity index (χ0v) is 12.9. The van der Waals surface area contributed by atoms with Crippen molar-refractivity contribution in [1.82, 2.24) is 13.9 Å². The highest BCUT2D eigenvalue weighted by molar-refractivity contribution is 7.87. The van der Waals surface area contributed by atoms with Crippen molar-refractivity contribution in [3.63, 3.8) is 0 Å². The summed E-state index contributed by atoms with van der Waals surface area (Å²) in [4.78, 5) is 12.0. The fourth-order valence-electron chi connectivity index (χ4n) is 1.65. The van der Waals surface area contributed by atoms with Crippen LogP contribution in [0.2, 0.25) is 0 Å². The number of hydrogen-bond acceptors (Lipinski definition) is 5. The molecule has 0 saturated carbocycles. The Balaban J connectivity index is 2.94. The van der Waals surface area contributed by atoms with Crippen molar-refractivity contribution in [3.8, 4) is 12.3 Å². The second-order valence-corrected chi connectivity index (χ2v) is 7.20. The van der Waals surface area contributed by atoms with E-state index in [0.717, 1.165) is 0 Å². The van der Waals surface area contributed by atoms with Crippen molar-refractivity contribution in [1.29, 1.82) is 0 Å². The van der Waals surface area contributed by atoms with Crippen molar-refractivity contribution in [3.05, 3.63) is 0 Å². The van der Waals surface area contributed by atoms with E-state index in [1.165, 1.54) is 4.31 Å². The molecule has 0 bridgehead atoms. The summed E-state index contributed by atoms with van der Waals surface area (Å²) in [6, 6.07) is 0. The van der Waals surface area contributed by atoms with Gasteiger partial charge in [0.05, 0.1) is 0 Å². The molecule has 0 spiro atoms. The fraction of sp³-hybridized carbons (Fsp3) is 0.750. The van der Waals surface area contributed by atoms with E-state index in [2.05, 4.69) is 11.2 Å². The molecule has 7 nitrogen and oxygen atoms in total. The summed E-state index contributed by atoms with van der Waals surface area (Å²) in [7, 11) is -3.95. The van der Waals surface area contributed by atoms with Gasteiger partial charge in [-0.2, -0.15) is 17.0 Å². The molecule has 20 heavy (non-hydrogen) atoms. The Labute approximate surface area is 120 Å². The van der Waals surface area contributed by atoms with Gasteiger partial charge >= 0.3 is 16.3 Å². The van der Waals surface area contributed by atoms with Crippen LogP contribution in [0, 0.1) is 12.3 Å². The first kappa shape index (κ1) is 16.8. The number of hydrogen-bond donors (Lipinski definition) is 1. The number of nitrogens with one attached hydrogen (secondary N) is 1. The monoisotopic (exact) mass is 303 g/mol. The van der Waals surface area contributed by atoms with Crippen LogP contribution in [0.1, 0.15) is 20.8 Å². The van der Waals surface area contributed by atoms with Crippen molar-refractivity contribution in [2.75, 3.05) is 32.7 Å². The number of ether oxygens (including phenoxy) is 1. The molecule has 0 aromatic rings. The van der Waals surface area contributed by atoms with Crippen molar-refractivity contribution >= 4 is 16.3 Å². The number of piperazine rings is 1. The highest BCUT2D eigenvalue weighted by atomic mass is 32.2. The molecule has 1 aliphatic heterocycles. The molecule has 1 aliphatic rings. The number of carbonyl (C=O) groups excluding carboxylic acids is 1. The van der Waals surface area contributed by atoms with Crippen LogP contribution in [-0.2, 0) is 14.9 Å². The molecule has 0 aromatic carbocycles. The average Bonchev–Trinajstić information content (AvgIpc) is 2.34. The molecule has 8 heteroatoms. The summed E-state index contributed by atoms with van der Waals surface area (Å²) >= 11 is 0. The molecule has 0 unspecified atom stereocenters. The first-order valence-electron chi connectivity index (χ1n) is 6.33. The molecule has 1 amide bonds. The summed E-state index contributed by atoms with van der Waals surface area (Å²) in [5.74, 6) is 2.18. The zero-order chi connectivity index (χ0) is 15.4. The van der Waals surface area contributed by atoms with Gasteiger partial charge in [0.2, 0.25) is 0 Å². The third-order valence-electron chi connectivity index (χ3n) is 2.51. The van der Waals surface area contributed by atoms with Gasteiger partial charge in [0.15, 0.2) is 0 Å². The second kappa shape index (κ2) is 6.43. The lowest BCUT2D eigenvalue weighted by Crippen LogP contribution is -2.54. The van der Waals surface area contributed by atoms with Crippen molar-refractivity contribution in [2.45, 2.75) is 26.4 Å². The fourth-order valence-corrected chi connectivity index (χ4v) is 3.04. The third-order valence-corrected chi connectivity index (χ3v) is 4.37. The highest BCUT2D eigenvalue weighted by Gasteiger charge is 2.36. The highest BCUT2D eigenvalue weighted by Crippen LogP contribution is 2.15. The maximum Gasteiger partial charge on any atom is 0.426 e. The van der Waals surface area contributed by atoms with Gasteiger partial charge in [-0.15, -0.1) is 6.42 Å². The Hall–Kier alpha value is -1.30. The largest absolute Gasteiger partial charge is 0.443 e. The molecule has 0 atom stereocenters. The molecule has 0 aliphatic carbocycles. The summed E-state index contributed by atoms with van der Waals surface area (Å²) in [5, 5.41) is 3.04. The van der Waals surface area contributed by atoms with E-state index in [1.54, 1.807) is 20.8 Å². The van der Waals surface area contributed by atoms with Gasteiger partial charge in [0.1, 0.15) is 12.1 Å². The van der Waals surface area contributed by atoms with Gasteiger partial charge < -0.3 is 10.1 Å². The van der Waals surface area contributed by atoms with Gasteiger partial charge in [-0.25, -0.2) is 4.79 Å². The van der Waals surface area contributed by atoms with E-state index >= 15 is 0 Å². The first-order chi connectivity index (χ1) is 9.18. The van der Waals surface area contributed by atoms with E-state index in [4.69, 9.17) is 11.2 Å². The summed E-state index contributed by atoms with van der Waals surface area (Å²) < 4.78 is 31.8. The lowest BCUT2D eigenvalue weighted by atomic mass is 10.2. The van der Waals surface area contributed by atoms with Crippen molar-refractivity contribution < 1.29 is 17.9 Å². The van der Waals surface area contributed by atoms with Gasteiger partial charge in [-0.05, 0) is 20.8 Å². The van der Waals surface area contributed by atoms with E-state index in [0.29, 0.717) is 30.5 Å². The van der Waals surface area contributed by atoms with Crippen LogP contribution in [0.4, 0.5) is 4.79 Å². The van der Waals surface area contributed by atoms with Crippen LogP contribution in [-0.4, -0.2) is 61.4 Å². The minimum Gasteiger partial charge on any atom is -0.443 e. The SMILES string of the molecule is C#CCN(C(=O)OC(C)(C)C)S(=O)(=O)N1CCNCC1. The summed E-state index contributed by atoms with van der Waals surface area (Å²) in [6.07, 6.45) is 4.21. The second-order valence-electron chi connectivity index (χ2n) is 5.35. The maximum absolute atomic E-state index is 12.4. The Morgan fingerprint density at radius 1 is 1.40 bits per heavy atom. The van der Waals surface area contributed by atoms with E-state index in [9.17, 15) is 13.2 Å². The third kappa shape index (κ3) is 4.37. The van der Waals surface area contributed by atoms with Gasteiger partial charge in [0, 0.05) is 26.2 Å². The number of terminal acetylenes is 1. The van der Waals surface area contributed by atoms with E-state index in [-0.39, 0.29) is 6.54 Å². The molecule has 1 N–H and O–H groups in total. The quantitative estimate of drug-likeness (QED) is 0.743. The van der Waals surface area contributed by atoms with Crippen LogP contribution in [0.25, 0.3) is 0 Å². The molecule has 1 saturated heterocycles. The normalized spacial score (nSPS) is 17.3. The lowest BCUT2D eigenvalue weighted by Gasteiger charge is -2.32. The first-order valence-corrected chi connectivity index (χ1v) is 7.73. The van der Waals surface area contributed by atoms with Crippen LogP contribution in [0.5, 0.6) is 0 Å². The molecular weight excluding hydrogens is 282 g/mol. The molecule has 1 heterocycles. The Morgan fingerprint density at radius 3 is 2.40 bits per heavy atom. The van der Waals surface area contributed by atoms with E-state index < -0.39 is 21.9 Å². The minimum absolute atomic E-state index is 0.298. The van der Waals surface area contributed by atoms with Crippen LogP contribution in [0.15, 0.2) is 0 Å². The lowest BCUT2D eigenvalue weighted by molar-refractivity contribution is 0.0397. The Morgan fingerprint density at radius 2 is 1.95 bits per heavy atom. The van der Waals surface area contributed by atoms with Gasteiger partial charge in [-0.1, -0.05) is 5.92 Å². The minimum atomic E-state index is -3.95. The molecular formula is C12H21N3O4S. The molecule has 1 fully saturated rings. The standard InChI is InChI=1S/C12H21N3O4S/c1-5-8-15(11(16)19-12(2,3)4)20(17,18)14-9-6-13-7-10-14/h1,13H,6-10H2,2-4H3. The summed E-state index contributed by atoms with van der Waals surface area (Å²) in [5.41, 5.74) is -0.789. The van der Waals surface area contributed by atoms with E-state index in [1.807, 2.05) is 0 Å². The number of amides is 1. The average molecular weight is 303 g/mol. The number of nitrogens with zero attached hydrogens (tertiary/aromatic N) is 2.